The maximum absolute atomic E-state index is 9.65. The zero-order chi connectivity index (χ0) is 13.5. The van der Waals surface area contributed by atoms with Gasteiger partial charge in [0.15, 0.2) is 11.5 Å². The summed E-state index contributed by atoms with van der Waals surface area (Å²) in [6, 6.07) is 3.33. The van der Waals surface area contributed by atoms with E-state index in [0.29, 0.717) is 18.2 Å². The molecule has 0 saturated carbocycles. The Hall–Kier alpha value is -1.07. The van der Waals surface area contributed by atoms with Gasteiger partial charge in [-0.25, -0.2) is 0 Å². The maximum atomic E-state index is 9.65. The highest BCUT2D eigenvalue weighted by Gasteiger charge is 2.11. The molecule has 0 heterocycles. The van der Waals surface area contributed by atoms with Crippen molar-refractivity contribution in [2.75, 3.05) is 11.5 Å². The molecule has 18 heavy (non-hydrogen) atoms. The maximum Gasteiger partial charge on any atom is 0.200 e. The fourth-order valence-electron chi connectivity index (χ4n) is 1.54. The summed E-state index contributed by atoms with van der Waals surface area (Å²) in [5.41, 5.74) is 0.584. The van der Waals surface area contributed by atoms with Gasteiger partial charge in [-0.3, -0.25) is 0 Å². The molecule has 0 aliphatic carbocycles. The van der Waals surface area contributed by atoms with Gasteiger partial charge >= 0.3 is 0 Å². The standard InChI is InChI=1S/C13H21NO3S/c1-3-18-7-6-9(2)14-8-10-4-5-11(15)13(17)12(10)16/h4-5,9,14-17H,3,6-8H2,1-2H3. The van der Waals surface area contributed by atoms with Gasteiger partial charge in [0.2, 0.25) is 5.75 Å². The van der Waals surface area contributed by atoms with E-state index < -0.39 is 5.75 Å². The molecule has 0 aromatic heterocycles. The van der Waals surface area contributed by atoms with Gasteiger partial charge in [0.1, 0.15) is 0 Å². The molecule has 0 amide bonds. The SMILES string of the molecule is CCSCCC(C)NCc1ccc(O)c(O)c1O. The Morgan fingerprint density at radius 2 is 1.94 bits per heavy atom. The van der Waals surface area contributed by atoms with Crippen molar-refractivity contribution < 1.29 is 15.3 Å². The van der Waals surface area contributed by atoms with Crippen molar-refractivity contribution in [2.45, 2.75) is 32.9 Å². The Labute approximate surface area is 112 Å². The number of nitrogens with one attached hydrogen (secondary N) is 1. The first-order valence-corrected chi connectivity index (χ1v) is 7.25. The molecule has 0 spiro atoms. The quantitative estimate of drug-likeness (QED) is 0.453. The highest BCUT2D eigenvalue weighted by molar-refractivity contribution is 7.99. The molecular weight excluding hydrogens is 250 g/mol. The van der Waals surface area contributed by atoms with E-state index in [1.54, 1.807) is 6.07 Å². The van der Waals surface area contributed by atoms with Crippen LogP contribution in [-0.4, -0.2) is 32.9 Å². The average molecular weight is 271 g/mol. The van der Waals surface area contributed by atoms with Crippen LogP contribution in [0.1, 0.15) is 25.8 Å². The zero-order valence-electron chi connectivity index (χ0n) is 10.8. The second-order valence-electron chi connectivity index (χ2n) is 4.21. The summed E-state index contributed by atoms with van der Waals surface area (Å²) in [6.45, 7) is 4.70. The zero-order valence-corrected chi connectivity index (χ0v) is 11.6. The average Bonchev–Trinajstić information content (AvgIpc) is 2.35. The van der Waals surface area contributed by atoms with Crippen molar-refractivity contribution in [3.63, 3.8) is 0 Å². The van der Waals surface area contributed by atoms with Crippen LogP contribution >= 0.6 is 11.8 Å². The van der Waals surface area contributed by atoms with Crippen molar-refractivity contribution in [1.82, 2.24) is 5.32 Å². The van der Waals surface area contributed by atoms with E-state index in [9.17, 15) is 15.3 Å². The molecule has 1 unspecified atom stereocenters. The number of phenolic OH excluding ortho intramolecular Hbond substituents is 3. The predicted octanol–water partition coefficient (Wildman–Crippen LogP) is 2.42. The Balaban J connectivity index is 2.46. The third kappa shape index (κ3) is 4.31. The Bertz CT molecular complexity index is 385. The molecular formula is C13H21NO3S. The molecule has 5 heteroatoms. The molecule has 0 radical (unpaired) electrons. The smallest absolute Gasteiger partial charge is 0.200 e. The number of phenols is 3. The molecule has 102 valence electrons. The first-order chi connectivity index (χ1) is 8.56. The van der Waals surface area contributed by atoms with Crippen LogP contribution in [0.3, 0.4) is 0 Å². The fourth-order valence-corrected chi connectivity index (χ4v) is 2.35. The van der Waals surface area contributed by atoms with E-state index in [0.717, 1.165) is 17.9 Å². The van der Waals surface area contributed by atoms with Crippen LogP contribution in [0.4, 0.5) is 0 Å². The molecule has 4 N–H and O–H groups in total. The number of thioether (sulfide) groups is 1. The first kappa shape index (κ1) is 15.0. The van der Waals surface area contributed by atoms with Crippen LogP contribution < -0.4 is 5.32 Å². The van der Waals surface area contributed by atoms with Crippen LogP contribution in [0, 0.1) is 0 Å². The normalized spacial score (nSPS) is 12.6. The van der Waals surface area contributed by atoms with Gasteiger partial charge in [-0.05, 0) is 30.9 Å². The van der Waals surface area contributed by atoms with Crippen LogP contribution in [0.15, 0.2) is 12.1 Å². The van der Waals surface area contributed by atoms with Gasteiger partial charge in [0.05, 0.1) is 0 Å². The van der Waals surface area contributed by atoms with E-state index in [2.05, 4.69) is 19.2 Å². The van der Waals surface area contributed by atoms with Crippen LogP contribution in [0.25, 0.3) is 0 Å². The number of benzene rings is 1. The summed E-state index contributed by atoms with van der Waals surface area (Å²) in [6.07, 6.45) is 1.06. The van der Waals surface area contributed by atoms with Crippen LogP contribution in [-0.2, 0) is 6.54 Å². The van der Waals surface area contributed by atoms with Crippen molar-refractivity contribution in [3.8, 4) is 17.2 Å². The molecule has 0 bridgehead atoms. The summed E-state index contributed by atoms with van der Waals surface area (Å²) >= 11 is 1.90. The van der Waals surface area contributed by atoms with E-state index >= 15 is 0 Å². The van der Waals surface area contributed by atoms with E-state index in [-0.39, 0.29) is 11.5 Å². The molecule has 0 aliphatic rings. The lowest BCUT2D eigenvalue weighted by molar-refractivity contribution is 0.363. The van der Waals surface area contributed by atoms with Gasteiger partial charge in [0.25, 0.3) is 0 Å². The summed E-state index contributed by atoms with van der Waals surface area (Å²) < 4.78 is 0. The summed E-state index contributed by atoms with van der Waals surface area (Å²) in [4.78, 5) is 0. The second kappa shape index (κ2) is 7.38. The second-order valence-corrected chi connectivity index (χ2v) is 5.60. The molecule has 1 aromatic rings. The van der Waals surface area contributed by atoms with Gasteiger partial charge < -0.3 is 20.6 Å². The minimum atomic E-state index is -0.455. The highest BCUT2D eigenvalue weighted by atomic mass is 32.2. The predicted molar refractivity (Wildman–Crippen MR) is 75.4 cm³/mol. The van der Waals surface area contributed by atoms with Gasteiger partial charge in [-0.1, -0.05) is 13.0 Å². The van der Waals surface area contributed by atoms with Gasteiger partial charge in [-0.15, -0.1) is 0 Å². The minimum absolute atomic E-state index is 0.252. The van der Waals surface area contributed by atoms with Gasteiger partial charge in [-0.2, -0.15) is 11.8 Å². The third-order valence-electron chi connectivity index (χ3n) is 2.75. The molecule has 0 saturated heterocycles. The topological polar surface area (TPSA) is 72.7 Å². The molecule has 1 rings (SSSR count). The molecule has 1 aromatic carbocycles. The summed E-state index contributed by atoms with van der Waals surface area (Å²) in [5.74, 6) is 1.22. The van der Waals surface area contributed by atoms with Crippen molar-refractivity contribution in [2.24, 2.45) is 0 Å². The molecule has 4 nitrogen and oxygen atoms in total. The number of aromatic hydroxyl groups is 3. The number of hydrogen-bond donors (Lipinski definition) is 4. The first-order valence-electron chi connectivity index (χ1n) is 6.10. The monoisotopic (exact) mass is 271 g/mol. The number of hydrogen-bond acceptors (Lipinski definition) is 5. The lowest BCUT2D eigenvalue weighted by atomic mass is 10.1. The van der Waals surface area contributed by atoms with Gasteiger partial charge in [0, 0.05) is 18.2 Å². The van der Waals surface area contributed by atoms with Crippen LogP contribution in [0.2, 0.25) is 0 Å². The minimum Gasteiger partial charge on any atom is -0.504 e. The Kier molecular flexibility index (Phi) is 6.15. The molecule has 0 fully saturated rings. The van der Waals surface area contributed by atoms with Crippen molar-refractivity contribution in [1.29, 1.82) is 0 Å². The summed E-state index contributed by atoms with van der Waals surface area (Å²) in [5, 5.41) is 31.5. The fraction of sp³-hybridized carbons (Fsp3) is 0.538. The number of rotatable bonds is 7. The van der Waals surface area contributed by atoms with Crippen molar-refractivity contribution >= 4 is 11.8 Å². The highest BCUT2D eigenvalue weighted by Crippen LogP contribution is 2.36. The Morgan fingerprint density at radius 3 is 2.61 bits per heavy atom. The molecule has 1 atom stereocenters. The lowest BCUT2D eigenvalue weighted by Gasteiger charge is -2.14. The van der Waals surface area contributed by atoms with E-state index in [1.165, 1.54) is 6.07 Å². The Morgan fingerprint density at radius 1 is 1.22 bits per heavy atom. The van der Waals surface area contributed by atoms with E-state index in [4.69, 9.17) is 0 Å². The summed E-state index contributed by atoms with van der Waals surface area (Å²) in [7, 11) is 0. The molecule has 0 aliphatic heterocycles. The van der Waals surface area contributed by atoms with Crippen molar-refractivity contribution in [3.05, 3.63) is 17.7 Å². The largest absolute Gasteiger partial charge is 0.504 e. The third-order valence-corrected chi connectivity index (χ3v) is 3.69. The lowest BCUT2D eigenvalue weighted by Crippen LogP contribution is -2.26. The van der Waals surface area contributed by atoms with E-state index in [1.807, 2.05) is 11.8 Å². The van der Waals surface area contributed by atoms with Crippen LogP contribution in [0.5, 0.6) is 17.2 Å².